The van der Waals surface area contributed by atoms with Gasteiger partial charge in [0.05, 0.1) is 0 Å². The van der Waals surface area contributed by atoms with E-state index in [2.05, 4.69) is 232 Å². The van der Waals surface area contributed by atoms with Crippen molar-refractivity contribution in [3.05, 3.63) is 216 Å². The number of nitrogens with zero attached hydrogens (tertiary/aromatic N) is 2. The van der Waals surface area contributed by atoms with Gasteiger partial charge in [-0.25, -0.2) is 0 Å². The second kappa shape index (κ2) is 15.1. The first-order chi connectivity index (χ1) is 26.4. The van der Waals surface area contributed by atoms with Gasteiger partial charge in [0, 0.05) is 34.1 Å². The Bertz CT molecular complexity index is 2240. The van der Waals surface area contributed by atoms with E-state index in [-0.39, 0.29) is 0 Å². The second-order valence-electron chi connectivity index (χ2n) is 14.2. The monoisotopic (exact) mass is 696 g/mol. The van der Waals surface area contributed by atoms with Crippen molar-refractivity contribution in [1.29, 1.82) is 0 Å². The number of benzene rings is 8. The molecule has 0 aliphatic heterocycles. The molecule has 0 spiro atoms. The number of anilines is 6. The Morgan fingerprint density at radius 2 is 0.519 bits per heavy atom. The van der Waals surface area contributed by atoms with Gasteiger partial charge in [-0.3, -0.25) is 0 Å². The molecular weight excluding hydrogens is 653 g/mol. The minimum Gasteiger partial charge on any atom is -0.310 e. The molecule has 262 valence electrons. The smallest absolute Gasteiger partial charge is 0.0467 e. The Balaban J connectivity index is 1.22. The van der Waals surface area contributed by atoms with E-state index in [1.807, 2.05) is 0 Å². The van der Waals surface area contributed by atoms with Crippen LogP contribution in [0.15, 0.2) is 194 Å². The highest BCUT2D eigenvalue weighted by atomic mass is 15.1. The van der Waals surface area contributed by atoms with Crippen molar-refractivity contribution in [2.24, 2.45) is 0 Å². The predicted molar refractivity (Wildman–Crippen MR) is 231 cm³/mol. The number of hydrogen-bond donors (Lipinski definition) is 0. The second-order valence-corrected chi connectivity index (χ2v) is 14.2. The standard InChI is InChI=1S/C52H44N2/c1-37-19-27-43(28-20-37)53(44-29-21-38(2)22-30-44)47-13-9-11-41(35-47)49-15-5-7-17-51(49)52-18-8-6-16-50(52)42-12-10-14-48(36-42)54(45-31-23-39(3)24-32-45)46-33-25-40(4)26-34-46/h5-36H,1-4H3. The molecule has 0 amide bonds. The van der Waals surface area contributed by atoms with Crippen LogP contribution in [-0.2, 0) is 0 Å². The molecule has 8 aromatic rings. The van der Waals surface area contributed by atoms with E-state index in [0.717, 1.165) is 34.1 Å². The van der Waals surface area contributed by atoms with Crippen LogP contribution in [-0.4, -0.2) is 0 Å². The summed E-state index contributed by atoms with van der Waals surface area (Å²) in [7, 11) is 0. The maximum absolute atomic E-state index is 2.35. The molecular formula is C52H44N2. The minimum atomic E-state index is 1.11. The molecule has 0 unspecified atom stereocenters. The molecule has 2 nitrogen and oxygen atoms in total. The number of rotatable bonds is 9. The summed E-state index contributed by atoms with van der Waals surface area (Å²) in [6.07, 6.45) is 0. The molecule has 0 aliphatic carbocycles. The SMILES string of the molecule is Cc1ccc(N(c2ccc(C)cc2)c2cccc(-c3ccccc3-c3ccccc3-c3cccc(N(c4ccc(C)cc4)c4ccc(C)cc4)c3)c2)cc1. The first-order valence-electron chi connectivity index (χ1n) is 18.7. The molecule has 54 heavy (non-hydrogen) atoms. The van der Waals surface area contributed by atoms with Crippen molar-refractivity contribution < 1.29 is 0 Å². The summed E-state index contributed by atoms with van der Waals surface area (Å²) < 4.78 is 0. The summed E-state index contributed by atoms with van der Waals surface area (Å²) in [5, 5.41) is 0. The molecule has 0 N–H and O–H groups in total. The summed E-state index contributed by atoms with van der Waals surface area (Å²) in [5.41, 5.74) is 18.8. The zero-order valence-electron chi connectivity index (χ0n) is 31.4. The normalized spacial score (nSPS) is 11.0. The van der Waals surface area contributed by atoms with Crippen molar-refractivity contribution in [2.45, 2.75) is 27.7 Å². The molecule has 8 aromatic carbocycles. The van der Waals surface area contributed by atoms with Gasteiger partial charge >= 0.3 is 0 Å². The highest BCUT2D eigenvalue weighted by Gasteiger charge is 2.18. The fourth-order valence-corrected chi connectivity index (χ4v) is 7.23. The van der Waals surface area contributed by atoms with Crippen molar-refractivity contribution in [3.8, 4) is 33.4 Å². The lowest BCUT2D eigenvalue weighted by Crippen LogP contribution is -2.10. The van der Waals surface area contributed by atoms with Crippen LogP contribution in [0.4, 0.5) is 34.1 Å². The van der Waals surface area contributed by atoms with Crippen LogP contribution in [0.25, 0.3) is 33.4 Å². The molecule has 0 saturated carbocycles. The van der Waals surface area contributed by atoms with Crippen molar-refractivity contribution >= 4 is 34.1 Å². The van der Waals surface area contributed by atoms with Crippen LogP contribution >= 0.6 is 0 Å². The third-order valence-electron chi connectivity index (χ3n) is 10.1. The van der Waals surface area contributed by atoms with Crippen LogP contribution in [0.2, 0.25) is 0 Å². The van der Waals surface area contributed by atoms with Gasteiger partial charge in [-0.15, -0.1) is 0 Å². The number of aryl methyl sites for hydroxylation is 4. The van der Waals surface area contributed by atoms with Crippen LogP contribution in [0.1, 0.15) is 22.3 Å². The summed E-state index contributed by atoms with van der Waals surface area (Å²) >= 11 is 0. The zero-order valence-corrected chi connectivity index (χ0v) is 31.4. The molecule has 8 rings (SSSR count). The summed E-state index contributed by atoms with van der Waals surface area (Å²) in [6, 6.07) is 70.6. The average molecular weight is 697 g/mol. The van der Waals surface area contributed by atoms with Crippen molar-refractivity contribution in [3.63, 3.8) is 0 Å². The molecule has 0 saturated heterocycles. The van der Waals surface area contributed by atoms with Gasteiger partial charge in [0.25, 0.3) is 0 Å². The van der Waals surface area contributed by atoms with Gasteiger partial charge in [0.2, 0.25) is 0 Å². The fourth-order valence-electron chi connectivity index (χ4n) is 7.23. The van der Waals surface area contributed by atoms with E-state index in [1.54, 1.807) is 0 Å². The highest BCUT2D eigenvalue weighted by Crippen LogP contribution is 2.43. The Labute approximate surface area is 320 Å². The van der Waals surface area contributed by atoms with Crippen LogP contribution in [0.3, 0.4) is 0 Å². The Kier molecular flexibility index (Phi) is 9.66. The van der Waals surface area contributed by atoms with E-state index in [9.17, 15) is 0 Å². The van der Waals surface area contributed by atoms with Gasteiger partial charge in [-0.2, -0.15) is 0 Å². The van der Waals surface area contributed by atoms with Gasteiger partial charge in [0.15, 0.2) is 0 Å². The lowest BCUT2D eigenvalue weighted by atomic mass is 9.89. The number of hydrogen-bond acceptors (Lipinski definition) is 2. The van der Waals surface area contributed by atoms with Crippen molar-refractivity contribution in [2.75, 3.05) is 9.80 Å². The maximum atomic E-state index is 2.35. The van der Waals surface area contributed by atoms with Crippen LogP contribution in [0, 0.1) is 27.7 Å². The van der Waals surface area contributed by atoms with Crippen LogP contribution < -0.4 is 9.80 Å². The Hall–Kier alpha value is -6.64. The predicted octanol–water partition coefficient (Wildman–Crippen LogP) is 14.9. The summed E-state index contributed by atoms with van der Waals surface area (Å²) in [4.78, 5) is 4.69. The van der Waals surface area contributed by atoms with Gasteiger partial charge < -0.3 is 9.80 Å². The molecule has 0 aromatic heterocycles. The van der Waals surface area contributed by atoms with E-state index in [4.69, 9.17) is 0 Å². The molecule has 0 aliphatic rings. The first-order valence-corrected chi connectivity index (χ1v) is 18.7. The third-order valence-corrected chi connectivity index (χ3v) is 10.1. The molecule has 0 atom stereocenters. The lowest BCUT2D eigenvalue weighted by molar-refractivity contribution is 1.27. The minimum absolute atomic E-state index is 1.11. The topological polar surface area (TPSA) is 6.48 Å². The first kappa shape index (κ1) is 34.4. The van der Waals surface area contributed by atoms with Crippen molar-refractivity contribution in [1.82, 2.24) is 0 Å². The molecule has 0 radical (unpaired) electrons. The van der Waals surface area contributed by atoms with Gasteiger partial charge in [-0.1, -0.05) is 144 Å². The molecule has 0 heterocycles. The fraction of sp³-hybridized carbons (Fsp3) is 0.0769. The average Bonchev–Trinajstić information content (AvgIpc) is 3.21. The molecule has 0 bridgehead atoms. The maximum Gasteiger partial charge on any atom is 0.0467 e. The lowest BCUT2D eigenvalue weighted by Gasteiger charge is -2.27. The zero-order chi connectivity index (χ0) is 37.0. The van der Waals surface area contributed by atoms with E-state index >= 15 is 0 Å². The van der Waals surface area contributed by atoms with Gasteiger partial charge in [-0.05, 0) is 134 Å². The van der Waals surface area contributed by atoms with E-state index in [1.165, 1.54) is 55.6 Å². The molecule has 2 heteroatoms. The van der Waals surface area contributed by atoms with Gasteiger partial charge in [0.1, 0.15) is 0 Å². The summed E-state index contributed by atoms with van der Waals surface area (Å²) in [5.74, 6) is 0. The van der Waals surface area contributed by atoms with Crippen LogP contribution in [0.5, 0.6) is 0 Å². The molecule has 0 fully saturated rings. The Morgan fingerprint density at radius 1 is 0.241 bits per heavy atom. The summed E-state index contributed by atoms with van der Waals surface area (Å²) in [6.45, 7) is 8.54. The van der Waals surface area contributed by atoms with E-state index in [0.29, 0.717) is 0 Å². The Morgan fingerprint density at radius 3 is 0.815 bits per heavy atom. The third kappa shape index (κ3) is 7.20. The largest absolute Gasteiger partial charge is 0.310 e. The van der Waals surface area contributed by atoms with E-state index < -0.39 is 0 Å². The highest BCUT2D eigenvalue weighted by molar-refractivity contribution is 5.93. The quantitative estimate of drug-likeness (QED) is 0.148.